The van der Waals surface area contributed by atoms with Crippen molar-refractivity contribution in [1.29, 1.82) is 0 Å². The first-order valence-electron chi connectivity index (χ1n) is 9.49. The normalized spacial score (nSPS) is 22.1. The maximum Gasteiger partial charge on any atom is 0.257 e. The highest BCUT2D eigenvalue weighted by molar-refractivity contribution is 6.42. The van der Waals surface area contributed by atoms with Crippen LogP contribution in [-0.2, 0) is 11.2 Å². The van der Waals surface area contributed by atoms with Crippen molar-refractivity contribution in [3.63, 3.8) is 0 Å². The van der Waals surface area contributed by atoms with Gasteiger partial charge in [0.2, 0.25) is 5.91 Å². The maximum atomic E-state index is 12.9. The number of nitrogens with zero attached hydrogens (tertiary/aromatic N) is 2. The summed E-state index contributed by atoms with van der Waals surface area (Å²) < 4.78 is 5.03. The predicted octanol–water partition coefficient (Wildman–Crippen LogP) is 4.28. The topological polar surface area (TPSA) is 53.8 Å². The number of hydrogen-bond donors (Lipinski definition) is 0. The van der Waals surface area contributed by atoms with Gasteiger partial charge in [-0.05, 0) is 43.0 Å². The third-order valence-electron chi connectivity index (χ3n) is 5.85. The van der Waals surface area contributed by atoms with Crippen molar-refractivity contribution in [2.24, 2.45) is 5.41 Å². The number of carbonyl (C=O) groups is 2. The molecule has 0 aliphatic carbocycles. The Bertz CT molecular complexity index is 884. The van der Waals surface area contributed by atoms with Gasteiger partial charge in [0.15, 0.2) is 0 Å². The summed E-state index contributed by atoms with van der Waals surface area (Å²) in [6.45, 7) is 2.87. The molecule has 3 heterocycles. The molecule has 1 spiro atoms. The van der Waals surface area contributed by atoms with E-state index in [4.69, 9.17) is 27.6 Å². The molecule has 148 valence electrons. The van der Waals surface area contributed by atoms with E-state index in [1.165, 1.54) is 12.5 Å². The first kappa shape index (κ1) is 19.3. The fourth-order valence-corrected chi connectivity index (χ4v) is 4.69. The summed E-state index contributed by atoms with van der Waals surface area (Å²) in [5.41, 5.74) is 1.44. The van der Waals surface area contributed by atoms with Gasteiger partial charge in [-0.15, -0.1) is 0 Å². The summed E-state index contributed by atoms with van der Waals surface area (Å²) in [7, 11) is 0. The van der Waals surface area contributed by atoms with E-state index in [1.54, 1.807) is 18.2 Å². The van der Waals surface area contributed by atoms with Crippen molar-refractivity contribution < 1.29 is 14.0 Å². The van der Waals surface area contributed by atoms with Crippen LogP contribution >= 0.6 is 23.2 Å². The second-order valence-electron chi connectivity index (χ2n) is 7.83. The zero-order chi connectivity index (χ0) is 19.7. The van der Waals surface area contributed by atoms with Crippen molar-refractivity contribution in [3.8, 4) is 0 Å². The van der Waals surface area contributed by atoms with E-state index in [0.717, 1.165) is 37.9 Å². The Morgan fingerprint density at radius 2 is 1.86 bits per heavy atom. The molecule has 2 aromatic rings. The van der Waals surface area contributed by atoms with E-state index >= 15 is 0 Å². The minimum atomic E-state index is -0.00898. The van der Waals surface area contributed by atoms with Gasteiger partial charge in [-0.3, -0.25) is 9.59 Å². The molecule has 1 aromatic carbocycles. The SMILES string of the molecule is O=C(Cc1ccc(Cl)c(Cl)c1)N1CCCC2(CCN(C(=O)c3ccoc3)C2)C1. The zero-order valence-electron chi connectivity index (χ0n) is 15.5. The second kappa shape index (κ2) is 7.80. The summed E-state index contributed by atoms with van der Waals surface area (Å²) in [6.07, 6.45) is 6.24. The molecule has 0 saturated carbocycles. The number of benzene rings is 1. The van der Waals surface area contributed by atoms with E-state index in [-0.39, 0.29) is 17.2 Å². The Kier molecular flexibility index (Phi) is 5.39. The van der Waals surface area contributed by atoms with Crippen molar-refractivity contribution in [2.75, 3.05) is 26.2 Å². The number of carbonyl (C=O) groups excluding carboxylic acids is 2. The Labute approximate surface area is 174 Å². The molecule has 0 radical (unpaired) electrons. The van der Waals surface area contributed by atoms with Crippen LogP contribution in [0.25, 0.3) is 0 Å². The molecule has 5 nitrogen and oxygen atoms in total. The lowest BCUT2D eigenvalue weighted by Gasteiger charge is -2.40. The number of halogens is 2. The molecule has 28 heavy (non-hydrogen) atoms. The molecule has 2 amide bonds. The van der Waals surface area contributed by atoms with Crippen LogP contribution in [0.2, 0.25) is 10.0 Å². The summed E-state index contributed by atoms with van der Waals surface area (Å²) in [5.74, 6) is 0.0990. The van der Waals surface area contributed by atoms with Gasteiger partial charge in [0, 0.05) is 31.6 Å². The molecule has 2 saturated heterocycles. The third kappa shape index (κ3) is 3.91. The van der Waals surface area contributed by atoms with Crippen molar-refractivity contribution in [1.82, 2.24) is 9.80 Å². The highest BCUT2D eigenvalue weighted by atomic mass is 35.5. The molecule has 0 bridgehead atoms. The van der Waals surface area contributed by atoms with Crippen LogP contribution in [0.3, 0.4) is 0 Å². The molecule has 1 unspecified atom stereocenters. The fraction of sp³-hybridized carbons (Fsp3) is 0.429. The Morgan fingerprint density at radius 1 is 1.04 bits per heavy atom. The van der Waals surface area contributed by atoms with E-state index in [2.05, 4.69) is 0 Å². The monoisotopic (exact) mass is 420 g/mol. The lowest BCUT2D eigenvalue weighted by atomic mass is 9.79. The molecule has 2 aliphatic rings. The highest BCUT2D eigenvalue weighted by Gasteiger charge is 2.43. The standard InChI is InChI=1S/C21H22Cl2N2O3/c22-17-3-2-15(10-18(17)23)11-19(26)24-7-1-5-21(13-24)6-8-25(14-21)20(27)16-4-9-28-12-16/h2-4,9-10,12H,1,5-8,11,13-14H2. The van der Waals surface area contributed by atoms with E-state index < -0.39 is 0 Å². The molecule has 1 aromatic heterocycles. The smallest absolute Gasteiger partial charge is 0.257 e. The summed E-state index contributed by atoms with van der Waals surface area (Å²) in [4.78, 5) is 29.3. The molecule has 0 N–H and O–H groups in total. The van der Waals surface area contributed by atoms with E-state index in [0.29, 0.717) is 35.1 Å². The van der Waals surface area contributed by atoms with E-state index in [1.807, 2.05) is 15.9 Å². The van der Waals surface area contributed by atoms with Crippen LogP contribution in [0.5, 0.6) is 0 Å². The molecule has 4 rings (SSSR count). The first-order valence-corrected chi connectivity index (χ1v) is 10.2. The molecular weight excluding hydrogens is 399 g/mol. The number of amides is 2. The van der Waals surface area contributed by atoms with Gasteiger partial charge in [-0.1, -0.05) is 29.3 Å². The lowest BCUT2D eigenvalue weighted by Crippen LogP contribution is -2.48. The minimum absolute atomic E-state index is 0.00452. The van der Waals surface area contributed by atoms with Crippen molar-refractivity contribution in [3.05, 3.63) is 58.0 Å². The number of piperidine rings is 1. The third-order valence-corrected chi connectivity index (χ3v) is 6.59. The van der Waals surface area contributed by atoms with Gasteiger partial charge in [-0.2, -0.15) is 0 Å². The van der Waals surface area contributed by atoms with Gasteiger partial charge in [-0.25, -0.2) is 0 Å². The fourth-order valence-electron chi connectivity index (χ4n) is 4.37. The number of rotatable bonds is 3. The average molecular weight is 421 g/mol. The number of hydrogen-bond acceptors (Lipinski definition) is 3. The first-order chi connectivity index (χ1) is 13.5. The zero-order valence-corrected chi connectivity index (χ0v) is 17.0. The predicted molar refractivity (Wildman–Crippen MR) is 108 cm³/mol. The van der Waals surface area contributed by atoms with Crippen LogP contribution in [0.1, 0.15) is 35.2 Å². The number of furan rings is 1. The molecule has 2 aliphatic heterocycles. The second-order valence-corrected chi connectivity index (χ2v) is 8.65. The lowest BCUT2D eigenvalue weighted by molar-refractivity contribution is -0.133. The van der Waals surface area contributed by atoms with E-state index in [9.17, 15) is 9.59 Å². The minimum Gasteiger partial charge on any atom is -0.472 e. The molecule has 1 atom stereocenters. The van der Waals surface area contributed by atoms with Gasteiger partial charge in [0.25, 0.3) is 5.91 Å². The van der Waals surface area contributed by atoms with Crippen LogP contribution in [0.4, 0.5) is 0 Å². The average Bonchev–Trinajstić information content (AvgIpc) is 3.35. The Balaban J connectivity index is 1.40. The van der Waals surface area contributed by atoms with Crippen LogP contribution in [0, 0.1) is 5.41 Å². The van der Waals surface area contributed by atoms with Gasteiger partial charge in [0.05, 0.1) is 28.3 Å². The van der Waals surface area contributed by atoms with Crippen LogP contribution in [-0.4, -0.2) is 47.8 Å². The van der Waals surface area contributed by atoms with Crippen molar-refractivity contribution >= 4 is 35.0 Å². The summed E-state index contributed by atoms with van der Waals surface area (Å²) in [6, 6.07) is 7.01. The van der Waals surface area contributed by atoms with Crippen molar-refractivity contribution in [2.45, 2.75) is 25.7 Å². The maximum absolute atomic E-state index is 12.9. The number of likely N-dealkylation sites (tertiary alicyclic amines) is 2. The molecular formula is C21H22Cl2N2O3. The van der Waals surface area contributed by atoms with Crippen LogP contribution < -0.4 is 0 Å². The Hall–Kier alpha value is -1.98. The molecule has 2 fully saturated rings. The molecule has 7 heteroatoms. The Morgan fingerprint density at radius 3 is 2.61 bits per heavy atom. The highest BCUT2D eigenvalue weighted by Crippen LogP contribution is 2.39. The summed E-state index contributed by atoms with van der Waals surface area (Å²) in [5, 5.41) is 0.953. The van der Waals surface area contributed by atoms with Crippen LogP contribution in [0.15, 0.2) is 41.2 Å². The quantitative estimate of drug-likeness (QED) is 0.744. The van der Waals surface area contributed by atoms with Gasteiger partial charge in [0.1, 0.15) is 6.26 Å². The van der Waals surface area contributed by atoms with Gasteiger partial charge < -0.3 is 14.2 Å². The van der Waals surface area contributed by atoms with Gasteiger partial charge >= 0.3 is 0 Å². The largest absolute Gasteiger partial charge is 0.472 e. The summed E-state index contributed by atoms with van der Waals surface area (Å²) >= 11 is 12.0.